The van der Waals surface area contributed by atoms with Gasteiger partial charge in [-0.15, -0.1) is 5.10 Å². The molecule has 24 heavy (non-hydrogen) atoms. The van der Waals surface area contributed by atoms with E-state index in [1.807, 2.05) is 12.1 Å². The van der Waals surface area contributed by atoms with Gasteiger partial charge in [-0.2, -0.15) is 5.10 Å². The largest absolute Gasteiger partial charge is 0.493 e. The second-order valence-corrected chi connectivity index (χ2v) is 4.84. The zero-order chi connectivity index (χ0) is 17.4. The van der Waals surface area contributed by atoms with E-state index in [-0.39, 0.29) is 17.3 Å². The third-order valence-electron chi connectivity index (χ3n) is 3.07. The summed E-state index contributed by atoms with van der Waals surface area (Å²) in [4.78, 5) is 0. The molecule has 0 amide bonds. The summed E-state index contributed by atoms with van der Waals surface area (Å²) in [5.41, 5.74) is 12.2. The number of ether oxygens (including phenoxy) is 2. The lowest BCUT2D eigenvalue weighted by Gasteiger charge is -2.10. The predicted molar refractivity (Wildman–Crippen MR) is 90.4 cm³/mol. The van der Waals surface area contributed by atoms with Crippen molar-refractivity contribution in [3.8, 4) is 11.5 Å². The highest BCUT2D eigenvalue weighted by Crippen LogP contribution is 2.27. The van der Waals surface area contributed by atoms with Crippen LogP contribution in [0.2, 0.25) is 0 Å². The molecule has 128 valence electrons. The molecule has 0 fully saturated rings. The number of nitrogens with two attached hydrogens (primary N) is 2. The van der Waals surface area contributed by atoms with Crippen LogP contribution in [-0.2, 0) is 0 Å². The van der Waals surface area contributed by atoms with Gasteiger partial charge < -0.3 is 20.9 Å². The van der Waals surface area contributed by atoms with Crippen molar-refractivity contribution in [2.24, 2.45) is 15.9 Å². The van der Waals surface area contributed by atoms with E-state index in [2.05, 4.69) is 32.1 Å². The molecule has 0 saturated carbocycles. The number of anilines is 1. The number of amidine groups is 1. The highest BCUT2D eigenvalue weighted by Gasteiger charge is 2.10. The van der Waals surface area contributed by atoms with Crippen LogP contribution < -0.4 is 20.9 Å². The summed E-state index contributed by atoms with van der Waals surface area (Å²) in [5, 5.41) is 14.7. The van der Waals surface area contributed by atoms with Gasteiger partial charge in [0.15, 0.2) is 28.8 Å². The standard InChI is InChI=1S/C15H20N6O3/c1-3-4-7-23-11-6-5-10(8-12(11)22-2)9-18-19-14(16)13-15(17)21-24-20-13/h5-6,8-9H,3-4,7H2,1-2H3,(H2,16,19)(H2,17,21)/b18-9-. The van der Waals surface area contributed by atoms with Gasteiger partial charge in [0, 0.05) is 0 Å². The third kappa shape index (κ3) is 4.45. The fraction of sp³-hybridized carbons (Fsp3) is 0.333. The second-order valence-electron chi connectivity index (χ2n) is 4.84. The lowest BCUT2D eigenvalue weighted by atomic mass is 10.2. The van der Waals surface area contributed by atoms with Crippen LogP contribution >= 0.6 is 0 Å². The van der Waals surface area contributed by atoms with Crippen molar-refractivity contribution in [2.75, 3.05) is 19.5 Å². The molecule has 2 rings (SSSR count). The number of nitrogens with zero attached hydrogens (tertiary/aromatic N) is 4. The SMILES string of the molecule is CCCCOc1ccc(/C=N\N=C(\N)c2nonc2N)cc1OC. The van der Waals surface area contributed by atoms with Crippen LogP contribution in [0.4, 0.5) is 5.82 Å². The van der Waals surface area contributed by atoms with Gasteiger partial charge in [-0.05, 0) is 40.5 Å². The smallest absolute Gasteiger partial charge is 0.199 e. The van der Waals surface area contributed by atoms with Gasteiger partial charge in [-0.3, -0.25) is 0 Å². The molecule has 0 unspecified atom stereocenters. The Morgan fingerprint density at radius 2 is 2.17 bits per heavy atom. The van der Waals surface area contributed by atoms with Gasteiger partial charge in [0.25, 0.3) is 0 Å². The Morgan fingerprint density at radius 3 is 2.83 bits per heavy atom. The molecule has 4 N–H and O–H groups in total. The molecule has 1 aromatic carbocycles. The molecule has 1 aromatic heterocycles. The Morgan fingerprint density at radius 1 is 1.33 bits per heavy atom. The van der Waals surface area contributed by atoms with E-state index in [1.165, 1.54) is 6.21 Å². The molecule has 9 nitrogen and oxygen atoms in total. The van der Waals surface area contributed by atoms with Crippen LogP contribution in [0.3, 0.4) is 0 Å². The van der Waals surface area contributed by atoms with Gasteiger partial charge in [0.2, 0.25) is 0 Å². The molecule has 9 heteroatoms. The van der Waals surface area contributed by atoms with Crippen LogP contribution in [0.15, 0.2) is 33.0 Å². The topological polar surface area (TPSA) is 134 Å². The number of hydrogen-bond acceptors (Lipinski definition) is 8. The zero-order valence-corrected chi connectivity index (χ0v) is 13.6. The fourth-order valence-corrected chi connectivity index (χ4v) is 1.79. The number of hydrogen-bond donors (Lipinski definition) is 2. The molecular formula is C15H20N6O3. The zero-order valence-electron chi connectivity index (χ0n) is 13.6. The minimum absolute atomic E-state index is 0.0106. The molecule has 0 radical (unpaired) electrons. The Labute approximate surface area is 139 Å². The first-order chi connectivity index (χ1) is 11.7. The average molecular weight is 332 g/mol. The van der Waals surface area contributed by atoms with E-state index in [9.17, 15) is 0 Å². The summed E-state index contributed by atoms with van der Waals surface area (Å²) in [6.45, 7) is 2.75. The molecule has 0 aliphatic carbocycles. The van der Waals surface area contributed by atoms with Crippen LogP contribution in [0.1, 0.15) is 31.0 Å². The molecule has 0 saturated heterocycles. The molecule has 2 aromatic rings. The molecule has 0 atom stereocenters. The van der Waals surface area contributed by atoms with Gasteiger partial charge >= 0.3 is 0 Å². The first-order valence-corrected chi connectivity index (χ1v) is 7.41. The Balaban J connectivity index is 2.08. The number of unbranched alkanes of at least 4 members (excludes halogenated alkanes) is 1. The van der Waals surface area contributed by atoms with E-state index < -0.39 is 0 Å². The summed E-state index contributed by atoms with van der Waals surface area (Å²) in [5.74, 6) is 1.38. The lowest BCUT2D eigenvalue weighted by Crippen LogP contribution is -2.15. The summed E-state index contributed by atoms with van der Waals surface area (Å²) >= 11 is 0. The van der Waals surface area contributed by atoms with E-state index in [0.717, 1.165) is 18.4 Å². The highest BCUT2D eigenvalue weighted by atomic mass is 16.6. The normalized spacial score (nSPS) is 11.8. The Bertz CT molecular complexity index is 726. The average Bonchev–Trinajstić information content (AvgIpc) is 3.02. The Hall–Kier alpha value is -3.10. The number of nitrogen functional groups attached to an aromatic ring is 1. The number of aromatic nitrogens is 2. The minimum atomic E-state index is 0.0106. The second kappa shape index (κ2) is 8.51. The van der Waals surface area contributed by atoms with Crippen LogP contribution in [0.25, 0.3) is 0 Å². The maximum Gasteiger partial charge on any atom is 0.199 e. The van der Waals surface area contributed by atoms with Crippen LogP contribution in [0, 0.1) is 0 Å². The quantitative estimate of drug-likeness (QED) is 0.324. The monoisotopic (exact) mass is 332 g/mol. The first-order valence-electron chi connectivity index (χ1n) is 7.41. The summed E-state index contributed by atoms with van der Waals surface area (Å²) in [7, 11) is 1.58. The van der Waals surface area contributed by atoms with E-state index >= 15 is 0 Å². The molecule has 0 aliphatic heterocycles. The summed E-state index contributed by atoms with van der Waals surface area (Å²) < 4.78 is 15.4. The molecular weight excluding hydrogens is 312 g/mol. The van der Waals surface area contributed by atoms with Crippen molar-refractivity contribution < 1.29 is 14.1 Å². The lowest BCUT2D eigenvalue weighted by molar-refractivity contribution is 0.288. The van der Waals surface area contributed by atoms with Gasteiger partial charge in [0.05, 0.1) is 19.9 Å². The molecule has 0 spiro atoms. The predicted octanol–water partition coefficient (Wildman–Crippen LogP) is 1.58. The van der Waals surface area contributed by atoms with Crippen LogP contribution in [-0.4, -0.2) is 36.1 Å². The van der Waals surface area contributed by atoms with Crippen LogP contribution in [0.5, 0.6) is 11.5 Å². The molecule has 0 bridgehead atoms. The van der Waals surface area contributed by atoms with E-state index in [1.54, 1.807) is 13.2 Å². The van der Waals surface area contributed by atoms with Crippen molar-refractivity contribution in [3.63, 3.8) is 0 Å². The number of benzene rings is 1. The van der Waals surface area contributed by atoms with Crippen molar-refractivity contribution >= 4 is 17.9 Å². The summed E-state index contributed by atoms with van der Waals surface area (Å²) in [6.07, 6.45) is 3.58. The molecule has 0 aliphatic rings. The van der Waals surface area contributed by atoms with Crippen molar-refractivity contribution in [2.45, 2.75) is 19.8 Å². The molecule has 1 heterocycles. The summed E-state index contributed by atoms with van der Waals surface area (Å²) in [6, 6.07) is 5.45. The maximum atomic E-state index is 5.70. The third-order valence-corrected chi connectivity index (χ3v) is 3.07. The van der Waals surface area contributed by atoms with Gasteiger partial charge in [0.1, 0.15) is 0 Å². The highest BCUT2D eigenvalue weighted by molar-refractivity contribution is 5.99. The fourth-order valence-electron chi connectivity index (χ4n) is 1.79. The minimum Gasteiger partial charge on any atom is -0.493 e. The first kappa shape index (κ1) is 17.3. The number of methoxy groups -OCH3 is 1. The number of rotatable bonds is 8. The van der Waals surface area contributed by atoms with Gasteiger partial charge in [-0.25, -0.2) is 4.63 Å². The van der Waals surface area contributed by atoms with E-state index in [4.69, 9.17) is 20.9 Å². The van der Waals surface area contributed by atoms with Gasteiger partial charge in [-0.1, -0.05) is 13.3 Å². The maximum absolute atomic E-state index is 5.70. The van der Waals surface area contributed by atoms with Crippen molar-refractivity contribution in [1.29, 1.82) is 0 Å². The Kier molecular flexibility index (Phi) is 6.12. The van der Waals surface area contributed by atoms with Crippen molar-refractivity contribution in [3.05, 3.63) is 29.5 Å². The van der Waals surface area contributed by atoms with Crippen molar-refractivity contribution in [1.82, 2.24) is 10.3 Å². The van der Waals surface area contributed by atoms with E-state index in [0.29, 0.717) is 18.1 Å².